The summed E-state index contributed by atoms with van der Waals surface area (Å²) < 4.78 is 39.8. The first kappa shape index (κ1) is 36.6. The van der Waals surface area contributed by atoms with Crippen LogP contribution in [0.3, 0.4) is 0 Å². The molecule has 2 aliphatic heterocycles. The van der Waals surface area contributed by atoms with Crippen molar-refractivity contribution in [2.45, 2.75) is 121 Å². The molecule has 4 bridgehead atoms. The summed E-state index contributed by atoms with van der Waals surface area (Å²) in [5.41, 5.74) is -1.22. The highest BCUT2D eigenvalue weighted by Crippen LogP contribution is 2.46. The highest BCUT2D eigenvalue weighted by Gasteiger charge is 2.62. The number of aromatic nitrogens is 1. The summed E-state index contributed by atoms with van der Waals surface area (Å²) in [7, 11) is -3.89. The summed E-state index contributed by atoms with van der Waals surface area (Å²) in [6.07, 6.45) is 6.53. The largest absolute Gasteiger partial charge is 0.472 e. The molecule has 3 fully saturated rings. The first-order chi connectivity index (χ1) is 24.2. The monoisotopic (exact) mass is 723 g/mol. The Hall–Kier alpha value is -4.20. The van der Waals surface area contributed by atoms with E-state index in [1.54, 1.807) is 6.20 Å². The molecule has 3 heterocycles. The van der Waals surface area contributed by atoms with Crippen LogP contribution < -0.4 is 20.1 Å². The number of nitrogens with one attached hydrogen (secondary N) is 3. The Labute approximate surface area is 299 Å². The van der Waals surface area contributed by atoms with Crippen LogP contribution in [0.4, 0.5) is 4.79 Å². The van der Waals surface area contributed by atoms with Crippen LogP contribution in [0.25, 0.3) is 10.8 Å². The zero-order valence-electron chi connectivity index (χ0n) is 29.8. The van der Waals surface area contributed by atoms with Gasteiger partial charge in [-0.15, -0.1) is 6.58 Å². The minimum atomic E-state index is -3.89. The normalized spacial score (nSPS) is 28.9. The van der Waals surface area contributed by atoms with Gasteiger partial charge in [0.2, 0.25) is 27.7 Å². The van der Waals surface area contributed by atoms with Crippen LogP contribution >= 0.6 is 0 Å². The van der Waals surface area contributed by atoms with Gasteiger partial charge in [-0.05, 0) is 79.9 Å². The second kappa shape index (κ2) is 14.1. The number of fused-ring (bicyclic) bond motifs is 3. The smallest absolute Gasteiger partial charge is 0.407 e. The van der Waals surface area contributed by atoms with E-state index in [9.17, 15) is 27.6 Å². The van der Waals surface area contributed by atoms with Crippen molar-refractivity contribution in [1.29, 1.82) is 0 Å². The zero-order valence-corrected chi connectivity index (χ0v) is 30.6. The fourth-order valence-corrected chi connectivity index (χ4v) is 8.73. The van der Waals surface area contributed by atoms with Crippen molar-refractivity contribution < 1.29 is 37.1 Å². The highest BCUT2D eigenvalue weighted by molar-refractivity contribution is 7.91. The molecule has 2 aliphatic carbocycles. The number of rotatable bonds is 7. The molecular formula is C37H49N5O8S. The molecule has 3 N–H and O–H groups in total. The Balaban J connectivity index is 1.38. The Morgan fingerprint density at radius 3 is 2.59 bits per heavy atom. The molecule has 276 valence electrons. The van der Waals surface area contributed by atoms with Gasteiger partial charge in [-0.1, -0.05) is 45.9 Å². The van der Waals surface area contributed by atoms with Crippen LogP contribution in [0, 0.1) is 11.3 Å². The number of nitrogens with zero attached hydrogens (tertiary/aromatic N) is 2. The number of cyclic esters (lactones) is 1. The maximum atomic E-state index is 14.7. The number of carbonyl (C=O) groups excluding carboxylic acids is 4. The maximum absolute atomic E-state index is 14.7. The lowest BCUT2D eigenvalue weighted by atomic mass is 9.85. The Kier molecular flexibility index (Phi) is 10.1. The second-order valence-corrected chi connectivity index (χ2v) is 17.3. The lowest BCUT2D eigenvalue weighted by Crippen LogP contribution is -2.61. The number of hydrogen-bond donors (Lipinski definition) is 3. The predicted molar refractivity (Wildman–Crippen MR) is 190 cm³/mol. The van der Waals surface area contributed by atoms with Gasteiger partial charge in [-0.3, -0.25) is 19.1 Å². The molecule has 1 unspecified atom stereocenters. The summed E-state index contributed by atoms with van der Waals surface area (Å²) in [5.74, 6) is -2.08. The van der Waals surface area contributed by atoms with E-state index in [0.717, 1.165) is 35.6 Å². The van der Waals surface area contributed by atoms with Crippen LogP contribution in [0.5, 0.6) is 5.88 Å². The first-order valence-corrected chi connectivity index (χ1v) is 19.5. The topological polar surface area (TPSA) is 173 Å². The minimum Gasteiger partial charge on any atom is -0.472 e. The van der Waals surface area contributed by atoms with E-state index in [1.165, 1.54) is 11.0 Å². The van der Waals surface area contributed by atoms with E-state index in [2.05, 4.69) is 39.1 Å². The third-order valence-electron chi connectivity index (χ3n) is 10.6. The standard InChI is InChI=1S/C37H49N5O8S/c1-6-24-21-37(24,34(45)41-51(47,48)25-14-15-25)40-31(43)28-20-29-27(7-2)42(28)33(44)30(36(3,4)5)39-35(46)49-18-10-8-9-11-22-12-13-23-16-17-38-32(50-29)26(23)19-22/h6,12-13,16-17,19,24-25,27-30H,1,7-11,14-15,18,20-21H2,2-5H3,(H,39,46)(H,40,43)(H,41,45)/t24-,27?,28+,29-,30-,37-/m1/s1. The fourth-order valence-electron chi connectivity index (χ4n) is 7.37. The van der Waals surface area contributed by atoms with Gasteiger partial charge < -0.3 is 25.0 Å². The molecule has 1 aromatic heterocycles. The Morgan fingerprint density at radius 1 is 1.16 bits per heavy atom. The molecule has 13 nitrogen and oxygen atoms in total. The number of aryl methyl sites for hydroxylation is 1. The number of ether oxygens (including phenoxy) is 2. The molecule has 6 atom stereocenters. The van der Waals surface area contributed by atoms with Crippen LogP contribution in [-0.4, -0.2) is 83.7 Å². The molecule has 0 spiro atoms. The van der Waals surface area contributed by atoms with Crippen LogP contribution in [0.2, 0.25) is 0 Å². The number of amides is 4. The van der Waals surface area contributed by atoms with Gasteiger partial charge >= 0.3 is 6.09 Å². The minimum absolute atomic E-state index is 0.0615. The first-order valence-electron chi connectivity index (χ1n) is 18.0. The van der Waals surface area contributed by atoms with E-state index in [1.807, 2.05) is 39.8 Å². The van der Waals surface area contributed by atoms with E-state index in [4.69, 9.17) is 9.47 Å². The van der Waals surface area contributed by atoms with Crippen molar-refractivity contribution >= 4 is 44.6 Å². The third kappa shape index (κ3) is 7.56. The second-order valence-electron chi connectivity index (χ2n) is 15.4. The average Bonchev–Trinajstić information content (AvgIpc) is 4.01. The summed E-state index contributed by atoms with van der Waals surface area (Å²) in [6.45, 7) is 11.3. The van der Waals surface area contributed by atoms with Crippen LogP contribution in [-0.2, 0) is 35.6 Å². The number of hydrogen-bond acceptors (Lipinski definition) is 9. The van der Waals surface area contributed by atoms with Crippen molar-refractivity contribution in [3.8, 4) is 5.88 Å². The molecule has 14 heteroatoms. The number of carbonyl (C=O) groups is 4. The SMILES string of the molecule is C=C[C@@H]1C[C@]1(NC(=O)[C@@H]1C[C@H]2Oc3nccc4ccc(cc34)CCCCCOC(=O)N[C@@H](C(C)(C)C)C(=O)N1C2CC)C(=O)NS(=O)(=O)C1CC1. The van der Waals surface area contributed by atoms with Gasteiger partial charge in [-0.2, -0.15) is 0 Å². The van der Waals surface area contributed by atoms with E-state index < -0.39 is 80.2 Å². The summed E-state index contributed by atoms with van der Waals surface area (Å²) >= 11 is 0. The van der Waals surface area contributed by atoms with Crippen molar-refractivity contribution in [2.75, 3.05) is 6.61 Å². The van der Waals surface area contributed by atoms with Gasteiger partial charge in [0.1, 0.15) is 23.7 Å². The summed E-state index contributed by atoms with van der Waals surface area (Å²) in [5, 5.41) is 6.74. The number of alkyl carbamates (subject to hydrolysis) is 1. The fraction of sp³-hybridized carbons (Fsp3) is 0.595. The maximum Gasteiger partial charge on any atom is 0.407 e. The molecule has 1 aromatic carbocycles. The quantitative estimate of drug-likeness (QED) is 0.358. The molecule has 4 aliphatic rings. The van der Waals surface area contributed by atoms with Crippen molar-refractivity contribution in [2.24, 2.45) is 11.3 Å². The van der Waals surface area contributed by atoms with Gasteiger partial charge in [-0.25, -0.2) is 18.2 Å². The Bertz CT molecular complexity index is 1820. The molecule has 1 saturated heterocycles. The summed E-state index contributed by atoms with van der Waals surface area (Å²) in [4.78, 5) is 61.8. The van der Waals surface area contributed by atoms with E-state index in [-0.39, 0.29) is 19.4 Å². The number of sulfonamides is 1. The van der Waals surface area contributed by atoms with Crippen molar-refractivity contribution in [3.05, 3.63) is 48.7 Å². The molecule has 2 saturated carbocycles. The van der Waals surface area contributed by atoms with Gasteiger partial charge in [0.05, 0.1) is 17.9 Å². The molecule has 4 amide bonds. The lowest BCUT2D eigenvalue weighted by Gasteiger charge is -2.38. The number of pyridine rings is 1. The van der Waals surface area contributed by atoms with Crippen molar-refractivity contribution in [1.82, 2.24) is 25.2 Å². The molecule has 51 heavy (non-hydrogen) atoms. The molecule has 0 radical (unpaired) electrons. The average molecular weight is 724 g/mol. The molecular weight excluding hydrogens is 675 g/mol. The Morgan fingerprint density at radius 2 is 1.92 bits per heavy atom. The highest BCUT2D eigenvalue weighted by atomic mass is 32.2. The van der Waals surface area contributed by atoms with Crippen LogP contribution in [0.1, 0.15) is 84.6 Å². The van der Waals surface area contributed by atoms with Gasteiger partial charge in [0, 0.05) is 23.9 Å². The van der Waals surface area contributed by atoms with Crippen LogP contribution in [0.15, 0.2) is 43.1 Å². The predicted octanol–water partition coefficient (Wildman–Crippen LogP) is 3.90. The van der Waals surface area contributed by atoms with Crippen molar-refractivity contribution in [3.63, 3.8) is 0 Å². The molecule has 2 aromatic rings. The number of benzene rings is 1. The third-order valence-corrected chi connectivity index (χ3v) is 12.4. The van der Waals surface area contributed by atoms with E-state index in [0.29, 0.717) is 31.6 Å². The van der Waals surface area contributed by atoms with Gasteiger partial charge in [0.25, 0.3) is 5.91 Å². The van der Waals surface area contributed by atoms with Gasteiger partial charge in [0.15, 0.2) is 0 Å². The zero-order chi connectivity index (χ0) is 36.7. The lowest BCUT2D eigenvalue weighted by molar-refractivity contribution is -0.145. The molecule has 6 rings (SSSR count). The summed E-state index contributed by atoms with van der Waals surface area (Å²) in [6, 6.07) is 5.24. The van der Waals surface area contributed by atoms with E-state index >= 15 is 0 Å².